The molecule has 0 bridgehead atoms. The Balaban J connectivity index is 1.92. The molecule has 0 spiro atoms. The lowest BCUT2D eigenvalue weighted by Gasteiger charge is -2.37. The van der Waals surface area contributed by atoms with Crippen molar-refractivity contribution in [3.8, 4) is 0 Å². The van der Waals surface area contributed by atoms with Crippen LogP contribution in [0.5, 0.6) is 0 Å². The third kappa shape index (κ3) is 4.24. The van der Waals surface area contributed by atoms with E-state index >= 15 is 0 Å². The Bertz CT molecular complexity index is 1050. The van der Waals surface area contributed by atoms with Crippen LogP contribution < -0.4 is 10.3 Å². The van der Waals surface area contributed by atoms with Crippen LogP contribution in [0.4, 0.5) is 14.9 Å². The Hall–Kier alpha value is -3.10. The van der Waals surface area contributed by atoms with Gasteiger partial charge in [0, 0.05) is 44.2 Å². The number of benzene rings is 1. The van der Waals surface area contributed by atoms with E-state index in [1.54, 1.807) is 37.5 Å². The molecule has 1 aliphatic rings. The summed E-state index contributed by atoms with van der Waals surface area (Å²) in [6.45, 7) is 8.96. The highest BCUT2D eigenvalue weighted by atomic mass is 19.1. The Morgan fingerprint density at radius 1 is 1.13 bits per heavy atom. The number of hydrogen-bond acceptors (Lipinski definition) is 5. The third-order valence-corrected chi connectivity index (χ3v) is 4.99. The summed E-state index contributed by atoms with van der Waals surface area (Å²) in [6.07, 6.45) is -0.410. The SMILES string of the molecule is CCn1c(C(=O)O)cc(=O)c2cc(F)c(N3CCN(C(=O)OC(C)(C)C)CC3)cc21. The number of carboxylic acids is 1. The van der Waals surface area contributed by atoms with Crippen LogP contribution in [0.3, 0.4) is 0 Å². The molecule has 1 aromatic heterocycles. The molecule has 1 aromatic carbocycles. The van der Waals surface area contributed by atoms with Crippen molar-refractivity contribution >= 4 is 28.7 Å². The minimum absolute atomic E-state index is 0.135. The van der Waals surface area contributed by atoms with Gasteiger partial charge in [0.15, 0.2) is 5.43 Å². The molecule has 2 heterocycles. The first kappa shape index (κ1) is 21.6. The van der Waals surface area contributed by atoms with Gasteiger partial charge < -0.3 is 24.2 Å². The van der Waals surface area contributed by atoms with E-state index in [0.717, 1.165) is 12.1 Å². The number of aromatic nitrogens is 1. The van der Waals surface area contributed by atoms with Gasteiger partial charge in [-0.05, 0) is 39.8 Å². The van der Waals surface area contributed by atoms with Crippen molar-refractivity contribution in [2.75, 3.05) is 31.1 Å². The Kier molecular flexibility index (Phi) is 5.74. The van der Waals surface area contributed by atoms with E-state index in [0.29, 0.717) is 38.2 Å². The third-order valence-electron chi connectivity index (χ3n) is 4.99. The zero-order valence-electron chi connectivity index (χ0n) is 17.6. The van der Waals surface area contributed by atoms with Crippen LogP contribution in [0.2, 0.25) is 0 Å². The molecule has 1 aliphatic heterocycles. The summed E-state index contributed by atoms with van der Waals surface area (Å²) in [5, 5.41) is 9.56. The number of anilines is 1. The molecular formula is C21H26FN3O5. The molecule has 1 saturated heterocycles. The van der Waals surface area contributed by atoms with E-state index in [4.69, 9.17) is 4.74 Å². The van der Waals surface area contributed by atoms with Gasteiger partial charge in [-0.3, -0.25) is 4.79 Å². The number of ether oxygens (including phenoxy) is 1. The fourth-order valence-electron chi connectivity index (χ4n) is 3.60. The molecule has 1 amide bonds. The van der Waals surface area contributed by atoms with Crippen LogP contribution in [0.1, 0.15) is 38.2 Å². The van der Waals surface area contributed by atoms with Crippen LogP contribution in [0.25, 0.3) is 10.9 Å². The number of amides is 1. The smallest absolute Gasteiger partial charge is 0.410 e. The second-order valence-electron chi connectivity index (χ2n) is 8.22. The summed E-state index contributed by atoms with van der Waals surface area (Å²) < 4.78 is 21.7. The highest BCUT2D eigenvalue weighted by molar-refractivity contribution is 5.91. The minimum atomic E-state index is -1.22. The quantitative estimate of drug-likeness (QED) is 0.823. The standard InChI is InChI=1S/C21H26FN3O5/c1-5-25-15-11-16(14(22)10-13(15)18(26)12-17(25)19(27)28)23-6-8-24(9-7-23)20(29)30-21(2,3)4/h10-12H,5-9H2,1-4H3,(H,27,28). The molecule has 2 aromatic rings. The first-order chi connectivity index (χ1) is 14.0. The molecule has 8 nitrogen and oxygen atoms in total. The second-order valence-corrected chi connectivity index (χ2v) is 8.22. The van der Waals surface area contributed by atoms with Crippen molar-refractivity contribution in [1.29, 1.82) is 0 Å². The molecule has 1 fully saturated rings. The Morgan fingerprint density at radius 2 is 1.77 bits per heavy atom. The number of halogens is 1. The van der Waals surface area contributed by atoms with Crippen molar-refractivity contribution < 1.29 is 23.8 Å². The van der Waals surface area contributed by atoms with Crippen LogP contribution in [0.15, 0.2) is 23.0 Å². The van der Waals surface area contributed by atoms with E-state index in [1.165, 1.54) is 10.6 Å². The number of hydrogen-bond donors (Lipinski definition) is 1. The van der Waals surface area contributed by atoms with Crippen LogP contribution in [0, 0.1) is 5.82 Å². The van der Waals surface area contributed by atoms with Crippen molar-refractivity contribution in [2.24, 2.45) is 0 Å². The fraction of sp³-hybridized carbons (Fsp3) is 0.476. The van der Waals surface area contributed by atoms with Crippen molar-refractivity contribution in [2.45, 2.75) is 39.8 Å². The molecule has 0 radical (unpaired) electrons. The predicted octanol–water partition coefficient (Wildman–Crippen LogP) is 2.92. The maximum absolute atomic E-state index is 14.8. The number of aryl methyl sites for hydroxylation is 1. The number of nitrogens with zero attached hydrogens (tertiary/aromatic N) is 3. The number of aromatic carboxylic acids is 1. The largest absolute Gasteiger partial charge is 0.477 e. The number of carbonyl (C=O) groups excluding carboxylic acids is 1. The predicted molar refractivity (Wildman–Crippen MR) is 111 cm³/mol. The summed E-state index contributed by atoms with van der Waals surface area (Å²) in [6, 6.07) is 3.70. The van der Waals surface area contributed by atoms with E-state index in [1.807, 2.05) is 0 Å². The fourth-order valence-corrected chi connectivity index (χ4v) is 3.60. The molecule has 30 heavy (non-hydrogen) atoms. The molecule has 9 heteroatoms. The first-order valence-corrected chi connectivity index (χ1v) is 9.85. The zero-order chi connectivity index (χ0) is 22.2. The molecule has 0 saturated carbocycles. The highest BCUT2D eigenvalue weighted by Gasteiger charge is 2.27. The zero-order valence-corrected chi connectivity index (χ0v) is 17.6. The lowest BCUT2D eigenvalue weighted by molar-refractivity contribution is 0.0240. The van der Waals surface area contributed by atoms with E-state index in [-0.39, 0.29) is 16.8 Å². The number of pyridine rings is 1. The molecule has 0 unspecified atom stereocenters. The molecule has 0 aliphatic carbocycles. The maximum atomic E-state index is 14.8. The summed E-state index contributed by atoms with van der Waals surface area (Å²) in [5.41, 5.74) is -0.622. The van der Waals surface area contributed by atoms with Gasteiger partial charge in [-0.2, -0.15) is 0 Å². The Labute approximate surface area is 173 Å². The van der Waals surface area contributed by atoms with E-state index in [2.05, 4.69) is 0 Å². The van der Waals surface area contributed by atoms with Crippen molar-refractivity contribution in [1.82, 2.24) is 9.47 Å². The van der Waals surface area contributed by atoms with Gasteiger partial charge in [-0.15, -0.1) is 0 Å². The van der Waals surface area contributed by atoms with E-state index < -0.39 is 28.9 Å². The molecule has 0 atom stereocenters. The van der Waals surface area contributed by atoms with Gasteiger partial charge in [-0.1, -0.05) is 0 Å². The normalized spacial score (nSPS) is 14.8. The van der Waals surface area contributed by atoms with Crippen molar-refractivity contribution in [3.63, 3.8) is 0 Å². The topological polar surface area (TPSA) is 92.1 Å². The number of piperazine rings is 1. The van der Waals surface area contributed by atoms with Crippen LogP contribution >= 0.6 is 0 Å². The summed E-state index contributed by atoms with van der Waals surface area (Å²) >= 11 is 0. The summed E-state index contributed by atoms with van der Waals surface area (Å²) in [7, 11) is 0. The van der Waals surface area contributed by atoms with Gasteiger partial charge >= 0.3 is 12.1 Å². The van der Waals surface area contributed by atoms with Crippen molar-refractivity contribution in [3.05, 3.63) is 39.9 Å². The van der Waals surface area contributed by atoms with Gasteiger partial charge in [0.05, 0.1) is 11.2 Å². The van der Waals surface area contributed by atoms with Gasteiger partial charge in [0.2, 0.25) is 0 Å². The number of carboxylic acid groups (broad SMARTS) is 1. The lowest BCUT2D eigenvalue weighted by atomic mass is 10.1. The minimum Gasteiger partial charge on any atom is -0.477 e. The number of rotatable bonds is 3. The van der Waals surface area contributed by atoms with Crippen LogP contribution in [-0.4, -0.2) is 58.4 Å². The van der Waals surface area contributed by atoms with E-state index in [9.17, 15) is 23.9 Å². The number of carbonyl (C=O) groups is 2. The van der Waals surface area contributed by atoms with Gasteiger partial charge in [0.1, 0.15) is 17.1 Å². The van der Waals surface area contributed by atoms with Crippen LogP contribution in [-0.2, 0) is 11.3 Å². The van der Waals surface area contributed by atoms with Gasteiger partial charge in [0.25, 0.3) is 0 Å². The highest BCUT2D eigenvalue weighted by Crippen LogP contribution is 2.27. The number of fused-ring (bicyclic) bond motifs is 1. The Morgan fingerprint density at radius 3 is 2.30 bits per heavy atom. The maximum Gasteiger partial charge on any atom is 0.410 e. The molecule has 162 valence electrons. The monoisotopic (exact) mass is 419 g/mol. The summed E-state index contributed by atoms with van der Waals surface area (Å²) in [5.74, 6) is -1.77. The lowest BCUT2D eigenvalue weighted by Crippen LogP contribution is -2.50. The van der Waals surface area contributed by atoms with Gasteiger partial charge in [-0.25, -0.2) is 14.0 Å². The second kappa shape index (κ2) is 7.97. The first-order valence-electron chi connectivity index (χ1n) is 9.85. The molecular weight excluding hydrogens is 393 g/mol. The molecule has 1 N–H and O–H groups in total. The summed E-state index contributed by atoms with van der Waals surface area (Å²) in [4.78, 5) is 39.5. The average Bonchev–Trinajstić information content (AvgIpc) is 2.66. The molecule has 3 rings (SSSR count). The average molecular weight is 419 g/mol.